The Kier molecular flexibility index (Phi) is 7.38. The van der Waals surface area contributed by atoms with Crippen LogP contribution in [0.25, 0.3) is 0 Å². The first-order chi connectivity index (χ1) is 14.0. The van der Waals surface area contributed by atoms with Gasteiger partial charge in [-0.25, -0.2) is 0 Å². The van der Waals surface area contributed by atoms with Gasteiger partial charge >= 0.3 is 0 Å². The smallest absolute Gasteiger partial charge is 0.251 e. The Hall–Kier alpha value is -2.70. The molecule has 1 aliphatic rings. The zero-order chi connectivity index (χ0) is 20.6. The number of morpholine rings is 1. The second-order valence-corrected chi connectivity index (χ2v) is 7.49. The number of carbonyl (C=O) groups is 2. The second-order valence-electron chi connectivity index (χ2n) is 7.49. The molecule has 6 heteroatoms. The molecule has 1 saturated heterocycles. The summed E-state index contributed by atoms with van der Waals surface area (Å²) in [4.78, 5) is 27.1. The lowest BCUT2D eigenvalue weighted by Crippen LogP contribution is -2.45. The summed E-state index contributed by atoms with van der Waals surface area (Å²) in [5, 5.41) is 5.78. The lowest BCUT2D eigenvalue weighted by molar-refractivity contribution is -0.121. The molecule has 3 rings (SSSR count). The van der Waals surface area contributed by atoms with E-state index in [1.165, 1.54) is 5.56 Å². The molecule has 0 aromatic heterocycles. The molecule has 29 heavy (non-hydrogen) atoms. The van der Waals surface area contributed by atoms with E-state index in [1.54, 1.807) is 12.1 Å². The molecule has 154 valence electrons. The van der Waals surface area contributed by atoms with E-state index < -0.39 is 0 Å². The predicted molar refractivity (Wildman–Crippen MR) is 113 cm³/mol. The van der Waals surface area contributed by atoms with Gasteiger partial charge in [0.25, 0.3) is 5.91 Å². The van der Waals surface area contributed by atoms with Gasteiger partial charge in [0.1, 0.15) is 0 Å². The normalized spacial score (nSPS) is 15.5. The molecular formula is C23H29N3O3. The summed E-state index contributed by atoms with van der Waals surface area (Å²) in [6.45, 7) is 7.78. The third-order valence-electron chi connectivity index (χ3n) is 5.08. The van der Waals surface area contributed by atoms with E-state index in [-0.39, 0.29) is 24.4 Å². The fourth-order valence-corrected chi connectivity index (χ4v) is 3.29. The van der Waals surface area contributed by atoms with Crippen molar-refractivity contribution in [3.63, 3.8) is 0 Å². The SMILES string of the molecule is Cc1ccc(C(=O)NCC(=O)N[C@H](CN2CCOCC2)c2ccc(C)cc2)cc1. The molecule has 6 nitrogen and oxygen atoms in total. The molecule has 0 aliphatic carbocycles. The Labute approximate surface area is 172 Å². The highest BCUT2D eigenvalue weighted by Gasteiger charge is 2.20. The van der Waals surface area contributed by atoms with Crippen LogP contribution in [0.15, 0.2) is 48.5 Å². The van der Waals surface area contributed by atoms with Crippen LogP contribution < -0.4 is 10.6 Å². The molecule has 1 aliphatic heterocycles. The van der Waals surface area contributed by atoms with Gasteiger partial charge in [0.05, 0.1) is 25.8 Å². The average Bonchev–Trinajstić information content (AvgIpc) is 2.73. The van der Waals surface area contributed by atoms with Crippen LogP contribution >= 0.6 is 0 Å². The largest absolute Gasteiger partial charge is 0.379 e. The average molecular weight is 396 g/mol. The topological polar surface area (TPSA) is 70.7 Å². The predicted octanol–water partition coefficient (Wildman–Crippen LogP) is 2.22. The summed E-state index contributed by atoms with van der Waals surface area (Å²) in [5.74, 6) is -0.454. The van der Waals surface area contributed by atoms with Gasteiger partial charge in [-0.15, -0.1) is 0 Å². The van der Waals surface area contributed by atoms with Crippen LogP contribution in [0.5, 0.6) is 0 Å². The van der Waals surface area contributed by atoms with Gasteiger partial charge in [-0.2, -0.15) is 0 Å². The Morgan fingerprint density at radius 1 is 0.966 bits per heavy atom. The van der Waals surface area contributed by atoms with E-state index in [1.807, 2.05) is 50.2 Å². The molecule has 0 spiro atoms. The molecule has 2 aromatic carbocycles. The minimum atomic E-state index is -0.250. The van der Waals surface area contributed by atoms with Crippen LogP contribution in [0.1, 0.15) is 33.1 Å². The van der Waals surface area contributed by atoms with Crippen LogP contribution in [0, 0.1) is 13.8 Å². The van der Waals surface area contributed by atoms with Crippen molar-refractivity contribution in [1.29, 1.82) is 0 Å². The molecular weight excluding hydrogens is 366 g/mol. The molecule has 2 amide bonds. The van der Waals surface area contributed by atoms with Gasteiger partial charge in [-0.1, -0.05) is 47.5 Å². The van der Waals surface area contributed by atoms with Gasteiger partial charge in [0, 0.05) is 25.2 Å². The number of nitrogens with one attached hydrogen (secondary N) is 2. The van der Waals surface area contributed by atoms with Crippen LogP contribution in [0.4, 0.5) is 0 Å². The lowest BCUT2D eigenvalue weighted by atomic mass is 10.0. The van der Waals surface area contributed by atoms with E-state index in [0.717, 1.165) is 24.2 Å². The molecule has 0 radical (unpaired) electrons. The number of ether oxygens (including phenoxy) is 1. The number of carbonyl (C=O) groups excluding carboxylic acids is 2. The maximum Gasteiger partial charge on any atom is 0.251 e. The Morgan fingerprint density at radius 3 is 2.17 bits per heavy atom. The van der Waals surface area contributed by atoms with E-state index in [0.29, 0.717) is 25.3 Å². The van der Waals surface area contributed by atoms with Crippen molar-refractivity contribution in [2.45, 2.75) is 19.9 Å². The number of nitrogens with zero attached hydrogens (tertiary/aromatic N) is 1. The Morgan fingerprint density at radius 2 is 1.55 bits per heavy atom. The van der Waals surface area contributed by atoms with Crippen molar-refractivity contribution >= 4 is 11.8 Å². The van der Waals surface area contributed by atoms with Crippen molar-refractivity contribution in [3.05, 3.63) is 70.8 Å². The third-order valence-corrected chi connectivity index (χ3v) is 5.08. The lowest BCUT2D eigenvalue weighted by Gasteiger charge is -2.31. The molecule has 1 fully saturated rings. The van der Waals surface area contributed by atoms with Gasteiger partial charge in [0.15, 0.2) is 0 Å². The molecule has 1 atom stereocenters. The van der Waals surface area contributed by atoms with Gasteiger partial charge in [0.2, 0.25) is 5.91 Å². The van der Waals surface area contributed by atoms with Crippen LogP contribution in [0.2, 0.25) is 0 Å². The monoisotopic (exact) mass is 395 g/mol. The van der Waals surface area contributed by atoms with E-state index >= 15 is 0 Å². The third kappa shape index (κ3) is 6.41. The quantitative estimate of drug-likeness (QED) is 0.754. The Bertz CT molecular complexity index is 812. The van der Waals surface area contributed by atoms with Crippen molar-refractivity contribution < 1.29 is 14.3 Å². The van der Waals surface area contributed by atoms with E-state index in [2.05, 4.69) is 15.5 Å². The summed E-state index contributed by atoms with van der Waals surface area (Å²) in [7, 11) is 0. The molecule has 0 saturated carbocycles. The summed E-state index contributed by atoms with van der Waals surface area (Å²) in [6, 6.07) is 15.3. The maximum absolute atomic E-state index is 12.6. The summed E-state index contributed by atoms with van der Waals surface area (Å²) in [5.41, 5.74) is 3.87. The fraction of sp³-hybridized carbons (Fsp3) is 0.391. The highest BCUT2D eigenvalue weighted by atomic mass is 16.5. The zero-order valence-electron chi connectivity index (χ0n) is 17.1. The first-order valence-corrected chi connectivity index (χ1v) is 10.0. The number of amides is 2. The van der Waals surface area contributed by atoms with E-state index in [4.69, 9.17) is 4.74 Å². The van der Waals surface area contributed by atoms with Gasteiger partial charge < -0.3 is 15.4 Å². The number of rotatable bonds is 7. The summed E-state index contributed by atoms with van der Waals surface area (Å²) >= 11 is 0. The van der Waals surface area contributed by atoms with Gasteiger partial charge in [-0.05, 0) is 31.5 Å². The minimum absolute atomic E-state index is 0.0574. The molecule has 2 aromatic rings. The van der Waals surface area contributed by atoms with Crippen LogP contribution in [-0.2, 0) is 9.53 Å². The molecule has 1 heterocycles. The van der Waals surface area contributed by atoms with Gasteiger partial charge in [-0.3, -0.25) is 14.5 Å². The van der Waals surface area contributed by atoms with Crippen molar-refractivity contribution in [2.24, 2.45) is 0 Å². The van der Waals surface area contributed by atoms with Crippen LogP contribution in [0.3, 0.4) is 0 Å². The number of hydrogen-bond acceptors (Lipinski definition) is 4. The summed E-state index contributed by atoms with van der Waals surface area (Å²) < 4.78 is 5.42. The Balaban J connectivity index is 1.59. The minimum Gasteiger partial charge on any atom is -0.379 e. The van der Waals surface area contributed by atoms with Crippen molar-refractivity contribution in [3.8, 4) is 0 Å². The zero-order valence-corrected chi connectivity index (χ0v) is 17.1. The molecule has 0 unspecified atom stereocenters. The first-order valence-electron chi connectivity index (χ1n) is 10.0. The highest BCUT2D eigenvalue weighted by molar-refractivity contribution is 5.96. The number of hydrogen-bond donors (Lipinski definition) is 2. The van der Waals surface area contributed by atoms with Crippen molar-refractivity contribution in [2.75, 3.05) is 39.4 Å². The van der Waals surface area contributed by atoms with Crippen molar-refractivity contribution in [1.82, 2.24) is 15.5 Å². The fourth-order valence-electron chi connectivity index (χ4n) is 3.29. The standard InChI is InChI=1S/C23H29N3O3/c1-17-3-7-19(8-4-17)21(16-26-11-13-29-14-12-26)25-22(27)15-24-23(28)20-9-5-18(2)6-10-20/h3-10,21H,11-16H2,1-2H3,(H,24,28)(H,25,27)/t21-/m1/s1. The highest BCUT2D eigenvalue weighted by Crippen LogP contribution is 2.16. The number of aryl methyl sites for hydroxylation is 2. The number of benzene rings is 2. The second kappa shape index (κ2) is 10.2. The summed E-state index contributed by atoms with van der Waals surface area (Å²) in [6.07, 6.45) is 0. The first kappa shape index (κ1) is 21.0. The maximum atomic E-state index is 12.6. The molecule has 2 N–H and O–H groups in total. The van der Waals surface area contributed by atoms with E-state index in [9.17, 15) is 9.59 Å². The van der Waals surface area contributed by atoms with Crippen LogP contribution in [-0.4, -0.2) is 56.1 Å². The molecule has 0 bridgehead atoms.